The lowest BCUT2D eigenvalue weighted by Gasteiger charge is -2.05. The Morgan fingerprint density at radius 2 is 1.74 bits per heavy atom. The van der Waals surface area contributed by atoms with Crippen LogP contribution in [0.15, 0.2) is 78.3 Å². The third-order valence-corrected chi connectivity index (χ3v) is 5.09. The van der Waals surface area contributed by atoms with Crippen LogP contribution in [-0.2, 0) is 0 Å². The molecule has 0 aliphatic rings. The zero-order valence-electron chi connectivity index (χ0n) is 14.7. The Bertz CT molecular complexity index is 1070. The summed E-state index contributed by atoms with van der Waals surface area (Å²) in [5, 5.41) is 5.92. The Morgan fingerprint density at radius 3 is 2.48 bits per heavy atom. The van der Waals surface area contributed by atoms with Crippen LogP contribution in [0.5, 0.6) is 0 Å². The average Bonchev–Trinajstić information content (AvgIpc) is 3.19. The van der Waals surface area contributed by atoms with Crippen LogP contribution in [0.3, 0.4) is 0 Å². The normalized spacial score (nSPS) is 10.6. The summed E-state index contributed by atoms with van der Waals surface area (Å²) in [6.07, 6.45) is 1.60. The van der Waals surface area contributed by atoms with Gasteiger partial charge in [0.25, 0.3) is 5.91 Å². The summed E-state index contributed by atoms with van der Waals surface area (Å²) in [5.41, 5.74) is 5.44. The molecule has 132 valence electrons. The molecule has 0 spiro atoms. The minimum atomic E-state index is -0.223. The van der Waals surface area contributed by atoms with Crippen molar-refractivity contribution in [2.75, 3.05) is 5.32 Å². The van der Waals surface area contributed by atoms with Gasteiger partial charge in [-0.1, -0.05) is 42.5 Å². The SMILES string of the molecule is Cc1ccccc1-c1nc(-c2ccc(NC(=O)c3ccccn3)cc2)cs1. The molecule has 2 heterocycles. The smallest absolute Gasteiger partial charge is 0.274 e. The number of nitrogens with zero attached hydrogens (tertiary/aromatic N) is 2. The number of anilines is 1. The van der Waals surface area contributed by atoms with Gasteiger partial charge in [0.2, 0.25) is 0 Å². The van der Waals surface area contributed by atoms with Crippen molar-refractivity contribution in [3.8, 4) is 21.8 Å². The van der Waals surface area contributed by atoms with Gasteiger partial charge in [-0.05, 0) is 36.8 Å². The molecule has 0 fully saturated rings. The molecule has 4 nitrogen and oxygen atoms in total. The average molecular weight is 371 g/mol. The lowest BCUT2D eigenvalue weighted by atomic mass is 10.1. The molecule has 0 atom stereocenters. The van der Waals surface area contributed by atoms with Gasteiger partial charge < -0.3 is 5.32 Å². The summed E-state index contributed by atoms with van der Waals surface area (Å²) in [7, 11) is 0. The van der Waals surface area contributed by atoms with Crippen LogP contribution in [0, 0.1) is 6.92 Å². The number of thiazole rings is 1. The number of benzene rings is 2. The Balaban J connectivity index is 1.51. The number of aromatic nitrogens is 2. The number of carbonyl (C=O) groups is 1. The van der Waals surface area contributed by atoms with E-state index in [1.165, 1.54) is 5.56 Å². The van der Waals surface area contributed by atoms with Gasteiger partial charge in [-0.15, -0.1) is 11.3 Å². The van der Waals surface area contributed by atoms with E-state index in [2.05, 4.69) is 34.7 Å². The first-order valence-corrected chi connectivity index (χ1v) is 9.43. The van der Waals surface area contributed by atoms with Gasteiger partial charge in [-0.3, -0.25) is 9.78 Å². The Kier molecular flexibility index (Phi) is 4.77. The number of carbonyl (C=O) groups excluding carboxylic acids is 1. The van der Waals surface area contributed by atoms with E-state index < -0.39 is 0 Å². The molecule has 0 bridgehead atoms. The van der Waals surface area contributed by atoms with E-state index in [1.807, 2.05) is 36.4 Å². The molecular formula is C22H17N3OS. The minimum Gasteiger partial charge on any atom is -0.321 e. The second-order valence-corrected chi connectivity index (χ2v) is 6.96. The molecule has 5 heteroatoms. The maximum Gasteiger partial charge on any atom is 0.274 e. The first kappa shape index (κ1) is 17.1. The Hall–Kier alpha value is -3.31. The first-order chi connectivity index (χ1) is 13.2. The van der Waals surface area contributed by atoms with E-state index >= 15 is 0 Å². The molecule has 2 aromatic carbocycles. The van der Waals surface area contributed by atoms with E-state index in [0.717, 1.165) is 27.5 Å². The van der Waals surface area contributed by atoms with Crippen LogP contribution in [-0.4, -0.2) is 15.9 Å². The monoisotopic (exact) mass is 371 g/mol. The molecule has 0 radical (unpaired) electrons. The topological polar surface area (TPSA) is 54.9 Å². The number of amides is 1. The number of nitrogens with one attached hydrogen (secondary N) is 1. The molecule has 4 aromatic rings. The third kappa shape index (κ3) is 3.78. The zero-order valence-corrected chi connectivity index (χ0v) is 15.5. The quantitative estimate of drug-likeness (QED) is 0.520. The van der Waals surface area contributed by atoms with Crippen LogP contribution in [0.4, 0.5) is 5.69 Å². The summed E-state index contributed by atoms with van der Waals surface area (Å²) >= 11 is 1.63. The molecule has 27 heavy (non-hydrogen) atoms. The van der Waals surface area contributed by atoms with E-state index in [-0.39, 0.29) is 5.91 Å². The number of rotatable bonds is 4. The summed E-state index contributed by atoms with van der Waals surface area (Å²) in [4.78, 5) is 21.0. The fraction of sp³-hybridized carbons (Fsp3) is 0.0455. The van der Waals surface area contributed by atoms with Crippen molar-refractivity contribution in [2.24, 2.45) is 0 Å². The van der Waals surface area contributed by atoms with Gasteiger partial charge in [0.05, 0.1) is 5.69 Å². The summed E-state index contributed by atoms with van der Waals surface area (Å²) in [5.74, 6) is -0.223. The second-order valence-electron chi connectivity index (χ2n) is 6.10. The van der Waals surface area contributed by atoms with Gasteiger partial charge in [0.15, 0.2) is 0 Å². The molecule has 1 amide bonds. The van der Waals surface area contributed by atoms with Crippen molar-refractivity contribution >= 4 is 22.9 Å². The highest BCUT2D eigenvalue weighted by Gasteiger charge is 2.10. The number of hydrogen-bond acceptors (Lipinski definition) is 4. The second kappa shape index (κ2) is 7.51. The van der Waals surface area contributed by atoms with E-state index in [4.69, 9.17) is 4.98 Å². The predicted molar refractivity (Wildman–Crippen MR) is 110 cm³/mol. The van der Waals surface area contributed by atoms with Gasteiger partial charge >= 0.3 is 0 Å². The van der Waals surface area contributed by atoms with Gasteiger partial charge in [-0.2, -0.15) is 0 Å². The van der Waals surface area contributed by atoms with Crippen LogP contribution < -0.4 is 5.32 Å². The van der Waals surface area contributed by atoms with E-state index in [0.29, 0.717) is 5.69 Å². The number of pyridine rings is 1. The van der Waals surface area contributed by atoms with Crippen LogP contribution in [0.25, 0.3) is 21.8 Å². The minimum absolute atomic E-state index is 0.223. The lowest BCUT2D eigenvalue weighted by Crippen LogP contribution is -2.13. The lowest BCUT2D eigenvalue weighted by molar-refractivity contribution is 0.102. The fourth-order valence-electron chi connectivity index (χ4n) is 2.76. The fourth-order valence-corrected chi connectivity index (χ4v) is 3.68. The molecule has 1 N–H and O–H groups in total. The zero-order chi connectivity index (χ0) is 18.6. The standard InChI is InChI=1S/C22H17N3OS/c1-15-6-2-3-7-18(15)22-25-20(14-27-22)16-9-11-17(12-10-16)24-21(26)19-8-4-5-13-23-19/h2-14H,1H3,(H,24,26). The van der Waals surface area contributed by atoms with Gasteiger partial charge in [0, 0.05) is 28.4 Å². The van der Waals surface area contributed by atoms with Crippen molar-refractivity contribution < 1.29 is 4.79 Å². The largest absolute Gasteiger partial charge is 0.321 e. The first-order valence-electron chi connectivity index (χ1n) is 8.55. The van der Waals surface area contributed by atoms with Crippen LogP contribution in [0.1, 0.15) is 16.1 Å². The molecule has 0 saturated carbocycles. The van der Waals surface area contributed by atoms with Gasteiger partial charge in [-0.25, -0.2) is 4.98 Å². The Labute approximate surface area is 161 Å². The molecule has 0 aliphatic heterocycles. The summed E-state index contributed by atoms with van der Waals surface area (Å²) in [6, 6.07) is 21.2. The van der Waals surface area contributed by atoms with Crippen molar-refractivity contribution in [1.29, 1.82) is 0 Å². The highest BCUT2D eigenvalue weighted by Crippen LogP contribution is 2.31. The molecule has 2 aromatic heterocycles. The van der Waals surface area contributed by atoms with Crippen molar-refractivity contribution in [2.45, 2.75) is 6.92 Å². The van der Waals surface area contributed by atoms with Crippen LogP contribution >= 0.6 is 11.3 Å². The van der Waals surface area contributed by atoms with Gasteiger partial charge in [0.1, 0.15) is 10.7 Å². The van der Waals surface area contributed by atoms with E-state index in [1.54, 1.807) is 35.7 Å². The molecule has 4 rings (SSSR count). The molecule has 0 aliphatic carbocycles. The van der Waals surface area contributed by atoms with Crippen molar-refractivity contribution in [1.82, 2.24) is 9.97 Å². The number of hydrogen-bond donors (Lipinski definition) is 1. The molecular weight excluding hydrogens is 354 g/mol. The maximum absolute atomic E-state index is 12.2. The maximum atomic E-state index is 12.2. The predicted octanol–water partition coefficient (Wildman–Crippen LogP) is 5.43. The van der Waals surface area contributed by atoms with Crippen molar-refractivity contribution in [3.63, 3.8) is 0 Å². The highest BCUT2D eigenvalue weighted by atomic mass is 32.1. The molecule has 0 unspecified atom stereocenters. The van der Waals surface area contributed by atoms with Crippen molar-refractivity contribution in [3.05, 3.63) is 89.6 Å². The summed E-state index contributed by atoms with van der Waals surface area (Å²) in [6.45, 7) is 2.09. The third-order valence-electron chi connectivity index (χ3n) is 4.22. The van der Waals surface area contributed by atoms with Crippen LogP contribution in [0.2, 0.25) is 0 Å². The number of aryl methyl sites for hydroxylation is 1. The van der Waals surface area contributed by atoms with E-state index in [9.17, 15) is 4.79 Å². The molecule has 0 saturated heterocycles. The highest BCUT2D eigenvalue weighted by molar-refractivity contribution is 7.13. The summed E-state index contributed by atoms with van der Waals surface area (Å²) < 4.78 is 0. The Morgan fingerprint density at radius 1 is 0.963 bits per heavy atom.